The van der Waals surface area contributed by atoms with E-state index in [-0.39, 0.29) is 5.92 Å². The molecule has 0 aliphatic rings. The van der Waals surface area contributed by atoms with Crippen LogP contribution < -0.4 is 5.32 Å². The van der Waals surface area contributed by atoms with Crippen LogP contribution in [-0.2, 0) is 4.79 Å². The van der Waals surface area contributed by atoms with Gasteiger partial charge in [0.1, 0.15) is 12.3 Å². The maximum absolute atomic E-state index is 11.8. The van der Waals surface area contributed by atoms with Crippen LogP contribution in [0.5, 0.6) is 0 Å². The first-order chi connectivity index (χ1) is 8.45. The van der Waals surface area contributed by atoms with E-state index >= 15 is 0 Å². The quantitative estimate of drug-likeness (QED) is 0.771. The zero-order valence-corrected chi connectivity index (χ0v) is 10.2. The minimum absolute atomic E-state index is 0.208. The summed E-state index contributed by atoms with van der Waals surface area (Å²) >= 11 is 0. The molecule has 1 atom stereocenters. The molecular formula is C13H15NO4. The van der Waals surface area contributed by atoms with Crippen molar-refractivity contribution in [1.29, 1.82) is 0 Å². The Morgan fingerprint density at radius 1 is 1.22 bits per heavy atom. The number of hydrogen-bond acceptors (Lipinski definition) is 3. The van der Waals surface area contributed by atoms with Crippen molar-refractivity contribution in [1.82, 2.24) is 5.32 Å². The molecule has 0 radical (unpaired) electrons. The number of nitrogens with one attached hydrogen (secondary N) is 1. The Kier molecular flexibility index (Phi) is 4.59. The molecule has 0 heterocycles. The van der Waals surface area contributed by atoms with Gasteiger partial charge in [0.05, 0.1) is 0 Å². The second-order valence-electron chi connectivity index (χ2n) is 4.27. The summed E-state index contributed by atoms with van der Waals surface area (Å²) in [5, 5.41) is 11.4. The predicted molar refractivity (Wildman–Crippen MR) is 65.6 cm³/mol. The maximum atomic E-state index is 11.8. The summed E-state index contributed by atoms with van der Waals surface area (Å²) in [5.74, 6) is -1.74. The highest BCUT2D eigenvalue weighted by Gasteiger charge is 2.23. The zero-order chi connectivity index (χ0) is 13.7. The van der Waals surface area contributed by atoms with E-state index in [4.69, 9.17) is 5.11 Å². The molecule has 0 aromatic heterocycles. The molecule has 0 aliphatic heterocycles. The van der Waals surface area contributed by atoms with E-state index in [1.165, 1.54) is 24.3 Å². The first-order valence-electron chi connectivity index (χ1n) is 5.54. The monoisotopic (exact) mass is 249 g/mol. The Morgan fingerprint density at radius 3 is 2.17 bits per heavy atom. The van der Waals surface area contributed by atoms with Gasteiger partial charge in [0.15, 0.2) is 0 Å². The van der Waals surface area contributed by atoms with Gasteiger partial charge in [0, 0.05) is 11.1 Å². The Labute approximate surface area is 105 Å². The lowest BCUT2D eigenvalue weighted by Gasteiger charge is -2.17. The minimum Gasteiger partial charge on any atom is -0.480 e. The summed E-state index contributed by atoms with van der Waals surface area (Å²) in [6.45, 7) is 3.43. The van der Waals surface area contributed by atoms with Crippen molar-refractivity contribution in [3.8, 4) is 0 Å². The van der Waals surface area contributed by atoms with Crippen molar-refractivity contribution in [2.24, 2.45) is 5.92 Å². The van der Waals surface area contributed by atoms with Crippen molar-refractivity contribution in [3.63, 3.8) is 0 Å². The highest BCUT2D eigenvalue weighted by atomic mass is 16.4. The number of rotatable bonds is 5. The Balaban J connectivity index is 2.80. The van der Waals surface area contributed by atoms with Gasteiger partial charge in [0.2, 0.25) is 0 Å². The molecule has 5 nitrogen and oxygen atoms in total. The number of aliphatic carboxylic acids is 1. The molecule has 5 heteroatoms. The number of amides is 1. The van der Waals surface area contributed by atoms with E-state index in [1.807, 2.05) is 0 Å². The molecule has 1 aromatic rings. The third kappa shape index (κ3) is 3.41. The molecule has 2 N–H and O–H groups in total. The SMILES string of the molecule is CC(C)[C@H](NC(=O)c1ccc(C=O)cc1)C(=O)O. The summed E-state index contributed by atoms with van der Waals surface area (Å²) < 4.78 is 0. The van der Waals surface area contributed by atoms with E-state index in [1.54, 1.807) is 13.8 Å². The molecule has 0 aliphatic carbocycles. The van der Waals surface area contributed by atoms with Gasteiger partial charge in [-0.15, -0.1) is 0 Å². The second-order valence-corrected chi connectivity index (χ2v) is 4.27. The molecule has 18 heavy (non-hydrogen) atoms. The number of carbonyl (C=O) groups excluding carboxylic acids is 2. The standard InChI is InChI=1S/C13H15NO4/c1-8(2)11(13(17)18)14-12(16)10-5-3-9(7-15)4-6-10/h3-8,11H,1-2H3,(H,14,16)(H,17,18)/t11-/m0/s1. The molecule has 1 amide bonds. The van der Waals surface area contributed by atoms with E-state index in [2.05, 4.69) is 5.32 Å². The van der Waals surface area contributed by atoms with E-state index in [0.717, 1.165) is 0 Å². The van der Waals surface area contributed by atoms with Gasteiger partial charge in [-0.25, -0.2) is 4.79 Å². The van der Waals surface area contributed by atoms with Gasteiger partial charge in [-0.3, -0.25) is 9.59 Å². The van der Waals surface area contributed by atoms with Crippen molar-refractivity contribution >= 4 is 18.2 Å². The van der Waals surface area contributed by atoms with Gasteiger partial charge in [0.25, 0.3) is 5.91 Å². The highest BCUT2D eigenvalue weighted by Crippen LogP contribution is 2.06. The van der Waals surface area contributed by atoms with Crippen LogP contribution >= 0.6 is 0 Å². The van der Waals surface area contributed by atoms with Gasteiger partial charge >= 0.3 is 5.97 Å². The van der Waals surface area contributed by atoms with Crippen molar-refractivity contribution in [2.75, 3.05) is 0 Å². The fourth-order valence-electron chi connectivity index (χ4n) is 1.45. The van der Waals surface area contributed by atoms with E-state index < -0.39 is 17.9 Å². The summed E-state index contributed by atoms with van der Waals surface area (Å²) in [6, 6.07) is 5.06. The summed E-state index contributed by atoms with van der Waals surface area (Å²) in [4.78, 5) is 33.2. The number of aldehydes is 1. The molecule has 0 saturated heterocycles. The first kappa shape index (κ1) is 13.9. The minimum atomic E-state index is -1.07. The van der Waals surface area contributed by atoms with Crippen molar-refractivity contribution in [2.45, 2.75) is 19.9 Å². The van der Waals surface area contributed by atoms with E-state index in [9.17, 15) is 14.4 Å². The highest BCUT2D eigenvalue weighted by molar-refractivity contribution is 5.97. The van der Waals surface area contributed by atoms with Crippen LogP contribution in [0.2, 0.25) is 0 Å². The topological polar surface area (TPSA) is 83.5 Å². The van der Waals surface area contributed by atoms with Crippen LogP contribution in [0.4, 0.5) is 0 Å². The first-order valence-corrected chi connectivity index (χ1v) is 5.54. The molecular weight excluding hydrogens is 234 g/mol. The van der Waals surface area contributed by atoms with Gasteiger partial charge < -0.3 is 10.4 Å². The number of carbonyl (C=O) groups is 3. The molecule has 0 bridgehead atoms. The molecule has 1 rings (SSSR count). The normalized spacial score (nSPS) is 11.9. The fourth-order valence-corrected chi connectivity index (χ4v) is 1.45. The van der Waals surface area contributed by atoms with Gasteiger partial charge in [-0.1, -0.05) is 26.0 Å². The Morgan fingerprint density at radius 2 is 1.78 bits per heavy atom. The summed E-state index contributed by atoms with van der Waals surface area (Å²) in [7, 11) is 0. The van der Waals surface area contributed by atoms with Crippen LogP contribution in [0.1, 0.15) is 34.6 Å². The van der Waals surface area contributed by atoms with Crippen LogP contribution in [0.15, 0.2) is 24.3 Å². The predicted octanol–water partition coefficient (Wildman–Crippen LogP) is 1.34. The molecule has 0 saturated carbocycles. The van der Waals surface area contributed by atoms with Crippen LogP contribution in [-0.4, -0.2) is 29.3 Å². The summed E-state index contributed by atoms with van der Waals surface area (Å²) in [6.07, 6.45) is 0.676. The lowest BCUT2D eigenvalue weighted by molar-refractivity contribution is -0.140. The Hall–Kier alpha value is -2.17. The van der Waals surface area contributed by atoms with E-state index in [0.29, 0.717) is 17.4 Å². The number of carboxylic acid groups (broad SMARTS) is 1. The van der Waals surface area contributed by atoms with Crippen LogP contribution in [0, 0.1) is 5.92 Å². The number of benzene rings is 1. The smallest absolute Gasteiger partial charge is 0.326 e. The molecule has 0 unspecified atom stereocenters. The average Bonchev–Trinajstić information content (AvgIpc) is 2.35. The lowest BCUT2D eigenvalue weighted by atomic mass is 10.0. The fraction of sp³-hybridized carbons (Fsp3) is 0.308. The number of carboxylic acids is 1. The number of hydrogen-bond donors (Lipinski definition) is 2. The largest absolute Gasteiger partial charge is 0.480 e. The lowest BCUT2D eigenvalue weighted by Crippen LogP contribution is -2.44. The molecule has 96 valence electrons. The van der Waals surface area contributed by atoms with Crippen molar-refractivity contribution in [3.05, 3.63) is 35.4 Å². The summed E-state index contributed by atoms with van der Waals surface area (Å²) in [5.41, 5.74) is 0.790. The Bertz CT molecular complexity index is 451. The third-order valence-corrected chi connectivity index (χ3v) is 2.53. The zero-order valence-electron chi connectivity index (χ0n) is 10.2. The van der Waals surface area contributed by atoms with Crippen molar-refractivity contribution < 1.29 is 19.5 Å². The van der Waals surface area contributed by atoms with Crippen LogP contribution in [0.25, 0.3) is 0 Å². The molecule has 0 fully saturated rings. The molecule has 0 spiro atoms. The van der Waals surface area contributed by atoms with Crippen LogP contribution in [0.3, 0.4) is 0 Å². The maximum Gasteiger partial charge on any atom is 0.326 e. The third-order valence-electron chi connectivity index (χ3n) is 2.53. The molecule has 1 aromatic carbocycles. The van der Waals surface area contributed by atoms with Gasteiger partial charge in [-0.2, -0.15) is 0 Å². The van der Waals surface area contributed by atoms with Gasteiger partial charge in [-0.05, 0) is 18.1 Å². The average molecular weight is 249 g/mol. The second kappa shape index (κ2) is 5.95.